The Morgan fingerprint density at radius 2 is 1.62 bits per heavy atom. The summed E-state index contributed by atoms with van der Waals surface area (Å²) < 4.78 is 0. The quantitative estimate of drug-likeness (QED) is 0.631. The van der Waals surface area contributed by atoms with Gasteiger partial charge < -0.3 is 0 Å². The summed E-state index contributed by atoms with van der Waals surface area (Å²) in [4.78, 5) is 0. The van der Waals surface area contributed by atoms with Crippen LogP contribution in [0.5, 0.6) is 0 Å². The van der Waals surface area contributed by atoms with E-state index in [1.165, 1.54) is 35.8 Å². The molecule has 0 bridgehead atoms. The van der Waals surface area contributed by atoms with E-state index in [1.807, 2.05) is 6.08 Å². The first-order chi connectivity index (χ1) is 7.71. The van der Waals surface area contributed by atoms with Crippen LogP contribution in [0.15, 0.2) is 30.8 Å². The SMILES string of the molecule is C=Cc1ccccc1C[PH](CC)(CC)CC. The molecular formula is C15H25P. The third-order valence-electron chi connectivity index (χ3n) is 4.09. The molecule has 0 nitrogen and oxygen atoms in total. The molecule has 0 N–H and O–H groups in total. The van der Waals surface area contributed by atoms with E-state index in [0.29, 0.717) is 0 Å². The van der Waals surface area contributed by atoms with Gasteiger partial charge in [-0.1, -0.05) is 0 Å². The molecule has 0 spiro atoms. The Kier molecular flexibility index (Phi) is 5.22. The fourth-order valence-corrected chi connectivity index (χ4v) is 5.80. The van der Waals surface area contributed by atoms with Crippen LogP contribution in [-0.2, 0) is 6.16 Å². The van der Waals surface area contributed by atoms with E-state index < -0.39 is 7.26 Å². The van der Waals surface area contributed by atoms with Gasteiger partial charge in [0.15, 0.2) is 0 Å². The summed E-state index contributed by atoms with van der Waals surface area (Å²) in [6, 6.07) is 8.72. The summed E-state index contributed by atoms with van der Waals surface area (Å²) in [5.74, 6) is 0. The van der Waals surface area contributed by atoms with Gasteiger partial charge in [0.05, 0.1) is 0 Å². The summed E-state index contributed by atoms with van der Waals surface area (Å²) in [5, 5.41) is 0. The van der Waals surface area contributed by atoms with E-state index in [9.17, 15) is 0 Å². The van der Waals surface area contributed by atoms with E-state index in [4.69, 9.17) is 0 Å². The molecule has 0 aromatic heterocycles. The van der Waals surface area contributed by atoms with Crippen molar-refractivity contribution in [3.05, 3.63) is 42.0 Å². The molecule has 0 aliphatic carbocycles. The Bertz CT molecular complexity index is 329. The van der Waals surface area contributed by atoms with Crippen molar-refractivity contribution >= 4 is 13.3 Å². The topological polar surface area (TPSA) is 0 Å². The Hall–Kier alpha value is -0.610. The first kappa shape index (κ1) is 13.5. The minimum absolute atomic E-state index is 1.05. The van der Waals surface area contributed by atoms with Crippen LogP contribution in [0.25, 0.3) is 6.08 Å². The maximum absolute atomic E-state index is 3.91. The second kappa shape index (κ2) is 6.21. The molecular weight excluding hydrogens is 211 g/mol. The molecule has 16 heavy (non-hydrogen) atoms. The fourth-order valence-electron chi connectivity index (χ4n) is 2.42. The molecule has 90 valence electrons. The first-order valence-electron chi connectivity index (χ1n) is 6.41. The standard InChI is InChI=1S/C15H25P/c1-5-14-11-9-10-12-15(14)13-16(6-2,7-3)8-4/h5,9-12,16H,1,6-8,13H2,2-4H3. The molecule has 0 atom stereocenters. The van der Waals surface area contributed by atoms with Gasteiger partial charge in [-0.05, 0) is 0 Å². The Labute approximate surface area is 101 Å². The van der Waals surface area contributed by atoms with Gasteiger partial charge in [-0.3, -0.25) is 0 Å². The zero-order valence-electron chi connectivity index (χ0n) is 10.9. The summed E-state index contributed by atoms with van der Waals surface area (Å²) >= 11 is 0. The van der Waals surface area contributed by atoms with Crippen LogP contribution in [0.1, 0.15) is 31.9 Å². The van der Waals surface area contributed by atoms with E-state index in [2.05, 4.69) is 51.6 Å². The molecule has 0 aliphatic rings. The molecule has 1 rings (SSSR count). The van der Waals surface area contributed by atoms with Crippen LogP contribution in [0.3, 0.4) is 0 Å². The van der Waals surface area contributed by atoms with Gasteiger partial charge in [-0.25, -0.2) is 0 Å². The van der Waals surface area contributed by atoms with E-state index in [-0.39, 0.29) is 0 Å². The molecule has 0 radical (unpaired) electrons. The predicted octanol–water partition coefficient (Wildman–Crippen LogP) is 4.64. The number of rotatable bonds is 6. The molecule has 0 aliphatic heterocycles. The molecule has 0 saturated heterocycles. The van der Waals surface area contributed by atoms with Gasteiger partial charge >= 0.3 is 101 Å². The van der Waals surface area contributed by atoms with E-state index >= 15 is 0 Å². The minimum atomic E-state index is -1.05. The second-order valence-electron chi connectivity index (χ2n) is 4.64. The second-order valence-corrected chi connectivity index (χ2v) is 10.1. The molecule has 1 heteroatoms. The van der Waals surface area contributed by atoms with Crippen LogP contribution in [0.2, 0.25) is 0 Å². The van der Waals surface area contributed by atoms with Crippen LogP contribution in [0.4, 0.5) is 0 Å². The number of benzene rings is 1. The molecule has 1 aromatic rings. The van der Waals surface area contributed by atoms with Crippen molar-refractivity contribution in [2.24, 2.45) is 0 Å². The predicted molar refractivity (Wildman–Crippen MR) is 80.2 cm³/mol. The maximum atomic E-state index is 3.91. The van der Waals surface area contributed by atoms with Crippen molar-refractivity contribution in [1.29, 1.82) is 0 Å². The van der Waals surface area contributed by atoms with Gasteiger partial charge in [0.1, 0.15) is 0 Å². The van der Waals surface area contributed by atoms with Crippen LogP contribution >= 0.6 is 7.26 Å². The molecule has 1 aromatic carbocycles. The summed E-state index contributed by atoms with van der Waals surface area (Å²) in [5.41, 5.74) is 2.84. The summed E-state index contributed by atoms with van der Waals surface area (Å²) in [6.45, 7) is 11.0. The average Bonchev–Trinajstić information content (AvgIpc) is 2.36. The van der Waals surface area contributed by atoms with Crippen molar-refractivity contribution in [3.8, 4) is 0 Å². The molecule has 0 saturated carbocycles. The fraction of sp³-hybridized carbons (Fsp3) is 0.467. The Morgan fingerprint density at radius 3 is 2.12 bits per heavy atom. The van der Waals surface area contributed by atoms with E-state index in [1.54, 1.807) is 0 Å². The van der Waals surface area contributed by atoms with Crippen molar-refractivity contribution in [3.63, 3.8) is 0 Å². The van der Waals surface area contributed by atoms with E-state index in [0.717, 1.165) is 0 Å². The van der Waals surface area contributed by atoms with Crippen LogP contribution in [0, 0.1) is 0 Å². The molecule has 0 unspecified atom stereocenters. The first-order valence-corrected chi connectivity index (χ1v) is 9.24. The van der Waals surface area contributed by atoms with Crippen molar-refractivity contribution < 1.29 is 0 Å². The zero-order chi connectivity index (χ0) is 12.0. The van der Waals surface area contributed by atoms with Gasteiger partial charge in [-0.2, -0.15) is 0 Å². The van der Waals surface area contributed by atoms with Gasteiger partial charge in [0, 0.05) is 0 Å². The van der Waals surface area contributed by atoms with Crippen molar-refractivity contribution in [2.45, 2.75) is 26.9 Å². The van der Waals surface area contributed by atoms with Gasteiger partial charge in [0.25, 0.3) is 0 Å². The van der Waals surface area contributed by atoms with Crippen LogP contribution in [-0.4, -0.2) is 18.5 Å². The van der Waals surface area contributed by atoms with Gasteiger partial charge in [-0.15, -0.1) is 0 Å². The molecule has 0 heterocycles. The summed E-state index contributed by atoms with van der Waals surface area (Å²) in [6.07, 6.45) is 7.50. The monoisotopic (exact) mass is 236 g/mol. The third kappa shape index (κ3) is 2.95. The van der Waals surface area contributed by atoms with Crippen molar-refractivity contribution in [2.75, 3.05) is 18.5 Å². The van der Waals surface area contributed by atoms with Crippen molar-refractivity contribution in [1.82, 2.24) is 0 Å². The summed E-state index contributed by atoms with van der Waals surface area (Å²) in [7, 11) is -1.05. The Morgan fingerprint density at radius 1 is 1.06 bits per heavy atom. The number of hydrogen-bond donors (Lipinski definition) is 0. The molecule has 0 fully saturated rings. The zero-order valence-corrected chi connectivity index (χ0v) is 11.9. The normalized spacial score (nSPS) is 12.4. The molecule has 0 amide bonds. The number of hydrogen-bond acceptors (Lipinski definition) is 0. The van der Waals surface area contributed by atoms with Crippen LogP contribution < -0.4 is 0 Å². The third-order valence-corrected chi connectivity index (χ3v) is 9.72. The Balaban J connectivity index is 2.97. The van der Waals surface area contributed by atoms with Gasteiger partial charge in [0.2, 0.25) is 0 Å². The average molecular weight is 236 g/mol.